The zero-order valence-electron chi connectivity index (χ0n) is 19.9. The molecule has 0 aliphatic carbocycles. The maximum absolute atomic E-state index is 13.4. The van der Waals surface area contributed by atoms with Gasteiger partial charge in [-0.2, -0.15) is 4.31 Å². The molecule has 1 aliphatic heterocycles. The Balaban J connectivity index is 1.53. The molecule has 0 radical (unpaired) electrons. The minimum atomic E-state index is -3.77. The number of piperidine rings is 1. The van der Waals surface area contributed by atoms with Crippen LogP contribution in [0.4, 0.5) is 5.69 Å². The molecule has 1 heterocycles. The van der Waals surface area contributed by atoms with Gasteiger partial charge in [-0.25, -0.2) is 21.1 Å². The number of amides is 1. The second-order valence-corrected chi connectivity index (χ2v) is 13.1. The Kier molecular flexibility index (Phi) is 7.01. The van der Waals surface area contributed by atoms with Crippen LogP contribution in [0, 0.1) is 12.8 Å². The normalized spacial score (nSPS) is 17.5. The molecule has 1 atom stereocenters. The van der Waals surface area contributed by atoms with Crippen molar-refractivity contribution in [2.45, 2.75) is 29.6 Å². The van der Waals surface area contributed by atoms with E-state index in [1.54, 1.807) is 31.2 Å². The van der Waals surface area contributed by atoms with E-state index in [0.717, 1.165) is 15.1 Å². The number of nitrogens with one attached hydrogen (secondary N) is 1. The van der Waals surface area contributed by atoms with Gasteiger partial charge in [0.25, 0.3) is 0 Å². The number of carbonyl (C=O) groups is 1. The summed E-state index contributed by atoms with van der Waals surface area (Å²) in [6.45, 7) is 2.18. The van der Waals surface area contributed by atoms with Gasteiger partial charge in [0.2, 0.25) is 26.0 Å². The van der Waals surface area contributed by atoms with Crippen LogP contribution in [0.2, 0.25) is 0 Å². The van der Waals surface area contributed by atoms with Gasteiger partial charge in [0, 0.05) is 32.9 Å². The van der Waals surface area contributed by atoms with E-state index in [-0.39, 0.29) is 22.2 Å². The summed E-state index contributed by atoms with van der Waals surface area (Å²) < 4.78 is 54.2. The Morgan fingerprint density at radius 2 is 1.63 bits per heavy atom. The maximum atomic E-state index is 13.4. The van der Waals surface area contributed by atoms with Crippen LogP contribution >= 0.6 is 0 Å². The standard InChI is InChI=1S/C25H29N3O5S2/c1-18-10-12-23(34(30,31)27(2)3)16-24(18)26-25(29)21-9-6-14-28(17-21)35(32,33)22-13-11-19-7-4-5-8-20(19)15-22/h4-5,7-8,10-13,15-16,21H,6,9,14,17H2,1-3H3,(H,26,29). The van der Waals surface area contributed by atoms with E-state index in [1.807, 2.05) is 24.3 Å². The van der Waals surface area contributed by atoms with Gasteiger partial charge in [-0.05, 0) is 60.4 Å². The van der Waals surface area contributed by atoms with Crippen molar-refractivity contribution < 1.29 is 21.6 Å². The quantitative estimate of drug-likeness (QED) is 0.542. The van der Waals surface area contributed by atoms with Crippen LogP contribution in [-0.2, 0) is 24.8 Å². The number of rotatable bonds is 6. The molecule has 0 spiro atoms. The zero-order chi connectivity index (χ0) is 25.4. The molecule has 0 aromatic heterocycles. The number of hydrogen-bond donors (Lipinski definition) is 1. The molecule has 35 heavy (non-hydrogen) atoms. The lowest BCUT2D eigenvalue weighted by molar-refractivity contribution is -0.120. The highest BCUT2D eigenvalue weighted by atomic mass is 32.2. The molecule has 1 amide bonds. The van der Waals surface area contributed by atoms with E-state index in [2.05, 4.69) is 5.32 Å². The topological polar surface area (TPSA) is 104 Å². The monoisotopic (exact) mass is 515 g/mol. The van der Waals surface area contributed by atoms with Gasteiger partial charge in [-0.1, -0.05) is 36.4 Å². The van der Waals surface area contributed by atoms with Gasteiger partial charge in [0.05, 0.1) is 15.7 Å². The molecular weight excluding hydrogens is 486 g/mol. The Labute approximate surface area is 206 Å². The second-order valence-electron chi connectivity index (χ2n) is 8.96. The van der Waals surface area contributed by atoms with E-state index in [4.69, 9.17) is 0 Å². The molecule has 10 heteroatoms. The third kappa shape index (κ3) is 5.11. The summed E-state index contributed by atoms with van der Waals surface area (Å²) >= 11 is 0. The highest BCUT2D eigenvalue weighted by Gasteiger charge is 2.33. The average molecular weight is 516 g/mol. The largest absolute Gasteiger partial charge is 0.326 e. The van der Waals surface area contributed by atoms with Crippen molar-refractivity contribution in [1.29, 1.82) is 0 Å². The molecule has 8 nitrogen and oxygen atoms in total. The van der Waals surface area contributed by atoms with Crippen LogP contribution < -0.4 is 5.32 Å². The van der Waals surface area contributed by atoms with Gasteiger partial charge < -0.3 is 5.32 Å². The van der Waals surface area contributed by atoms with Crippen LogP contribution in [0.3, 0.4) is 0 Å². The summed E-state index contributed by atoms with van der Waals surface area (Å²) in [6, 6.07) is 17.2. The van der Waals surface area contributed by atoms with Crippen molar-refractivity contribution >= 4 is 42.4 Å². The number of aryl methyl sites for hydroxylation is 1. The predicted molar refractivity (Wildman–Crippen MR) is 136 cm³/mol. The molecular formula is C25H29N3O5S2. The first-order chi connectivity index (χ1) is 16.5. The third-order valence-corrected chi connectivity index (χ3v) is 10.0. The Hall–Kier alpha value is -2.79. The molecule has 3 aromatic rings. The molecule has 4 rings (SSSR count). The Morgan fingerprint density at radius 1 is 0.943 bits per heavy atom. The molecule has 3 aromatic carbocycles. The first kappa shape index (κ1) is 25.3. The van der Waals surface area contributed by atoms with Gasteiger partial charge in [0.1, 0.15) is 0 Å². The smallest absolute Gasteiger partial charge is 0.243 e. The fourth-order valence-corrected chi connectivity index (χ4v) is 6.68. The number of anilines is 1. The number of sulfonamides is 2. The first-order valence-corrected chi connectivity index (χ1v) is 14.2. The van der Waals surface area contributed by atoms with Crippen molar-refractivity contribution in [2.75, 3.05) is 32.5 Å². The van der Waals surface area contributed by atoms with Crippen LogP contribution in [-0.4, -0.2) is 58.5 Å². The lowest BCUT2D eigenvalue weighted by Crippen LogP contribution is -2.43. The van der Waals surface area contributed by atoms with Crippen LogP contribution in [0.5, 0.6) is 0 Å². The highest BCUT2D eigenvalue weighted by Crippen LogP contribution is 2.28. The number of carbonyl (C=O) groups excluding carboxylic acids is 1. The average Bonchev–Trinajstić information content (AvgIpc) is 2.84. The van der Waals surface area contributed by atoms with Crippen molar-refractivity contribution in [3.05, 3.63) is 66.2 Å². The van der Waals surface area contributed by atoms with Crippen molar-refractivity contribution in [1.82, 2.24) is 8.61 Å². The van der Waals surface area contributed by atoms with Crippen molar-refractivity contribution in [3.8, 4) is 0 Å². The summed E-state index contributed by atoms with van der Waals surface area (Å²) in [5.41, 5.74) is 1.11. The van der Waals surface area contributed by atoms with Gasteiger partial charge in [-0.3, -0.25) is 4.79 Å². The van der Waals surface area contributed by atoms with Gasteiger partial charge in [0.15, 0.2) is 0 Å². The van der Waals surface area contributed by atoms with Crippen LogP contribution in [0.25, 0.3) is 10.8 Å². The van der Waals surface area contributed by atoms with E-state index < -0.39 is 26.0 Å². The fraction of sp³-hybridized carbons (Fsp3) is 0.320. The highest BCUT2D eigenvalue weighted by molar-refractivity contribution is 7.89. The predicted octanol–water partition coefficient (Wildman–Crippen LogP) is 3.44. The maximum Gasteiger partial charge on any atom is 0.243 e. The summed E-state index contributed by atoms with van der Waals surface area (Å²) in [5.74, 6) is -0.876. The van der Waals surface area contributed by atoms with Crippen LogP contribution in [0.15, 0.2) is 70.5 Å². The van der Waals surface area contributed by atoms with Crippen LogP contribution in [0.1, 0.15) is 18.4 Å². The van der Waals surface area contributed by atoms with Gasteiger partial charge in [-0.15, -0.1) is 0 Å². The third-order valence-electron chi connectivity index (χ3n) is 6.36. The number of hydrogen-bond acceptors (Lipinski definition) is 5. The Bertz CT molecular complexity index is 1480. The summed E-state index contributed by atoms with van der Waals surface area (Å²) in [5, 5.41) is 4.61. The first-order valence-electron chi connectivity index (χ1n) is 11.3. The molecule has 1 saturated heterocycles. The van der Waals surface area contributed by atoms with E-state index >= 15 is 0 Å². The SMILES string of the molecule is Cc1ccc(S(=O)(=O)N(C)C)cc1NC(=O)C1CCCN(S(=O)(=O)c2ccc3ccccc3c2)C1. The van der Waals surface area contributed by atoms with Crippen molar-refractivity contribution in [3.63, 3.8) is 0 Å². The minimum absolute atomic E-state index is 0.0652. The number of fused-ring (bicyclic) bond motifs is 1. The Morgan fingerprint density at radius 3 is 2.34 bits per heavy atom. The van der Waals surface area contributed by atoms with E-state index in [1.165, 1.54) is 30.5 Å². The molecule has 1 fully saturated rings. The minimum Gasteiger partial charge on any atom is -0.326 e. The lowest BCUT2D eigenvalue weighted by atomic mass is 9.98. The number of nitrogens with zero attached hydrogens (tertiary/aromatic N) is 2. The fourth-order valence-electron chi connectivity index (χ4n) is 4.19. The molecule has 186 valence electrons. The van der Waals surface area contributed by atoms with Gasteiger partial charge >= 0.3 is 0 Å². The van der Waals surface area contributed by atoms with E-state index in [9.17, 15) is 21.6 Å². The summed E-state index contributed by atoms with van der Waals surface area (Å²) in [4.78, 5) is 13.4. The number of benzene rings is 3. The zero-order valence-corrected chi connectivity index (χ0v) is 21.6. The molecule has 0 bridgehead atoms. The molecule has 1 unspecified atom stereocenters. The second kappa shape index (κ2) is 9.69. The summed E-state index contributed by atoms with van der Waals surface area (Å²) in [7, 11) is -4.54. The summed E-state index contributed by atoms with van der Waals surface area (Å²) in [6.07, 6.45) is 1.10. The van der Waals surface area contributed by atoms with E-state index in [0.29, 0.717) is 30.6 Å². The lowest BCUT2D eigenvalue weighted by Gasteiger charge is -2.31. The molecule has 1 N–H and O–H groups in total. The molecule has 1 aliphatic rings. The van der Waals surface area contributed by atoms with Crippen molar-refractivity contribution in [2.24, 2.45) is 5.92 Å². The molecule has 0 saturated carbocycles.